The van der Waals surface area contributed by atoms with E-state index in [9.17, 15) is 32.0 Å². The first-order valence-electron chi connectivity index (χ1n) is 11.5. The third kappa shape index (κ3) is 5.66. The predicted octanol–water partition coefficient (Wildman–Crippen LogP) is 7.53. The Hall–Kier alpha value is -3.49. The molecule has 0 aliphatic rings. The molecule has 4 nitrogen and oxygen atoms in total. The van der Waals surface area contributed by atoms with Crippen LogP contribution >= 0.6 is 23.1 Å². The Bertz CT molecular complexity index is 1600. The van der Waals surface area contributed by atoms with E-state index in [2.05, 4.69) is 4.98 Å². The zero-order valence-electron chi connectivity index (χ0n) is 20.2. The molecule has 11 heteroatoms. The Labute approximate surface area is 223 Å². The first-order chi connectivity index (χ1) is 18.0. The van der Waals surface area contributed by atoms with E-state index < -0.39 is 41.0 Å². The van der Waals surface area contributed by atoms with Gasteiger partial charge in [-0.05, 0) is 54.1 Å². The highest BCUT2D eigenvalue weighted by Gasteiger charge is 2.37. The first kappa shape index (κ1) is 27.5. The molecule has 0 atom stereocenters. The van der Waals surface area contributed by atoms with Crippen LogP contribution in [0, 0.1) is 23.0 Å². The summed E-state index contributed by atoms with van der Waals surface area (Å²) in [5, 5.41) is 10.2. The zero-order chi connectivity index (χ0) is 27.6. The number of benzene rings is 1. The fourth-order valence-corrected chi connectivity index (χ4v) is 5.60. The summed E-state index contributed by atoms with van der Waals surface area (Å²) in [6.07, 6.45) is -4.27. The molecule has 3 heterocycles. The summed E-state index contributed by atoms with van der Waals surface area (Å²) in [5.74, 6) is -0.985. The second-order valence-electron chi connectivity index (χ2n) is 8.19. The average Bonchev–Trinajstić information content (AvgIpc) is 3.36. The molecule has 196 valence electrons. The molecule has 0 N–H and O–H groups in total. The maximum Gasteiger partial charge on any atom is 0.417 e. The molecule has 0 radical (unpaired) electrons. The van der Waals surface area contributed by atoms with Gasteiger partial charge in [0.15, 0.2) is 0 Å². The lowest BCUT2D eigenvalue weighted by molar-refractivity contribution is -0.137. The number of thioether (sulfide) groups is 1. The number of nitrogens with zero attached hydrogens (tertiary/aromatic N) is 3. The maximum absolute atomic E-state index is 14.4. The topological polar surface area (TPSA) is 58.7 Å². The van der Waals surface area contributed by atoms with Gasteiger partial charge < -0.3 is 4.57 Å². The molecule has 0 fully saturated rings. The number of halogens is 5. The molecule has 0 bridgehead atoms. The number of aromatic nitrogens is 2. The average molecular weight is 562 g/mol. The van der Waals surface area contributed by atoms with Gasteiger partial charge in [0.05, 0.1) is 27.7 Å². The molecular weight excluding hydrogens is 541 g/mol. The standard InChI is InChI=1S/C27H20F5N3OS2/c1-3-18-9-16(10-25(34-18)37-4-2)23-7-8-24(38-23)22-12-20(27(30,31)32)19(13-33)26(36)35(22)14-15-5-6-17(28)11-21(15)29/h5-12H,3-4,14H2,1-2H3. The molecule has 0 saturated carbocycles. The van der Waals surface area contributed by atoms with Crippen molar-refractivity contribution in [3.05, 3.63) is 92.9 Å². The van der Waals surface area contributed by atoms with E-state index in [1.54, 1.807) is 23.9 Å². The molecule has 1 aromatic carbocycles. The van der Waals surface area contributed by atoms with Crippen molar-refractivity contribution >= 4 is 23.1 Å². The Kier molecular flexibility index (Phi) is 8.04. The van der Waals surface area contributed by atoms with Crippen LogP contribution in [0.5, 0.6) is 0 Å². The van der Waals surface area contributed by atoms with Crippen LogP contribution in [-0.4, -0.2) is 15.3 Å². The molecule has 0 spiro atoms. The lowest BCUT2D eigenvalue weighted by Gasteiger charge is -2.17. The number of pyridine rings is 2. The predicted molar refractivity (Wildman–Crippen MR) is 138 cm³/mol. The minimum absolute atomic E-state index is 0.113. The molecule has 0 amide bonds. The maximum atomic E-state index is 14.4. The van der Waals surface area contributed by atoms with Gasteiger partial charge in [0.2, 0.25) is 0 Å². The summed E-state index contributed by atoms with van der Waals surface area (Å²) in [7, 11) is 0. The Morgan fingerprint density at radius 3 is 2.42 bits per heavy atom. The molecule has 0 unspecified atom stereocenters. The smallest absolute Gasteiger partial charge is 0.302 e. The fourth-order valence-electron chi connectivity index (χ4n) is 3.90. The quantitative estimate of drug-likeness (QED) is 0.173. The van der Waals surface area contributed by atoms with Crippen molar-refractivity contribution < 1.29 is 22.0 Å². The Morgan fingerprint density at radius 1 is 1.05 bits per heavy atom. The summed E-state index contributed by atoms with van der Waals surface area (Å²) in [5.41, 5.74) is -2.24. The van der Waals surface area contributed by atoms with Crippen LogP contribution < -0.4 is 5.56 Å². The van der Waals surface area contributed by atoms with Gasteiger partial charge in [0, 0.05) is 22.2 Å². The molecule has 0 aliphatic carbocycles. The van der Waals surface area contributed by atoms with Crippen LogP contribution in [0.25, 0.3) is 21.0 Å². The summed E-state index contributed by atoms with van der Waals surface area (Å²) in [4.78, 5) is 18.8. The third-order valence-electron chi connectivity index (χ3n) is 5.71. The van der Waals surface area contributed by atoms with Gasteiger partial charge in [-0.3, -0.25) is 4.79 Å². The monoisotopic (exact) mass is 561 g/mol. The summed E-state index contributed by atoms with van der Waals surface area (Å²) >= 11 is 2.72. The van der Waals surface area contributed by atoms with E-state index in [1.165, 1.54) is 6.07 Å². The summed E-state index contributed by atoms with van der Waals surface area (Å²) in [6.45, 7) is 3.47. The summed E-state index contributed by atoms with van der Waals surface area (Å²) in [6, 6.07) is 11.9. The van der Waals surface area contributed by atoms with E-state index in [1.807, 2.05) is 26.0 Å². The second-order valence-corrected chi connectivity index (χ2v) is 10.6. The fraction of sp³-hybridized carbons (Fsp3) is 0.222. The largest absolute Gasteiger partial charge is 0.417 e. The summed E-state index contributed by atoms with van der Waals surface area (Å²) < 4.78 is 70.3. The van der Waals surface area contributed by atoms with Crippen LogP contribution in [0.3, 0.4) is 0 Å². The Balaban J connectivity index is 1.91. The highest BCUT2D eigenvalue weighted by molar-refractivity contribution is 7.99. The van der Waals surface area contributed by atoms with Gasteiger partial charge in [0.1, 0.15) is 23.3 Å². The SMILES string of the molecule is CCSc1cc(-c2ccc(-c3cc(C(F)(F)F)c(C#N)c(=O)n3Cc3ccc(F)cc3F)s2)cc(CC)n1. The molecule has 3 aromatic heterocycles. The number of rotatable bonds is 7. The minimum Gasteiger partial charge on any atom is -0.302 e. The normalized spacial score (nSPS) is 11.5. The van der Waals surface area contributed by atoms with Crippen molar-refractivity contribution in [3.8, 4) is 27.1 Å². The van der Waals surface area contributed by atoms with Gasteiger partial charge in [0.25, 0.3) is 5.56 Å². The number of aryl methyl sites for hydroxylation is 1. The van der Waals surface area contributed by atoms with E-state index in [0.717, 1.165) is 61.0 Å². The molecule has 4 rings (SSSR count). The van der Waals surface area contributed by atoms with Crippen molar-refractivity contribution in [2.45, 2.75) is 38.0 Å². The Morgan fingerprint density at radius 2 is 1.79 bits per heavy atom. The van der Waals surface area contributed by atoms with Gasteiger partial charge in [-0.1, -0.05) is 19.9 Å². The number of alkyl halides is 3. The van der Waals surface area contributed by atoms with Crippen LogP contribution in [0.2, 0.25) is 0 Å². The molecule has 38 heavy (non-hydrogen) atoms. The first-order valence-corrected chi connectivity index (χ1v) is 13.3. The van der Waals surface area contributed by atoms with Crippen molar-refractivity contribution in [3.63, 3.8) is 0 Å². The second kappa shape index (κ2) is 11.1. The van der Waals surface area contributed by atoms with E-state index in [0.29, 0.717) is 17.4 Å². The van der Waals surface area contributed by atoms with E-state index >= 15 is 0 Å². The number of hydrogen-bond acceptors (Lipinski definition) is 5. The van der Waals surface area contributed by atoms with E-state index in [4.69, 9.17) is 0 Å². The van der Waals surface area contributed by atoms with Crippen LogP contribution in [0.15, 0.2) is 58.4 Å². The number of hydrogen-bond donors (Lipinski definition) is 0. The van der Waals surface area contributed by atoms with Crippen molar-refractivity contribution in [1.29, 1.82) is 5.26 Å². The third-order valence-corrected chi connectivity index (χ3v) is 7.66. The number of thiophene rings is 1. The molecule has 4 aromatic rings. The highest BCUT2D eigenvalue weighted by Crippen LogP contribution is 2.39. The molecular formula is C27H20F5N3OS2. The highest BCUT2D eigenvalue weighted by atomic mass is 32.2. The number of nitriles is 1. The molecule has 0 aliphatic heterocycles. The lowest BCUT2D eigenvalue weighted by Crippen LogP contribution is -2.28. The minimum atomic E-state index is -4.97. The molecule has 0 saturated heterocycles. The van der Waals surface area contributed by atoms with Crippen molar-refractivity contribution in [1.82, 2.24) is 9.55 Å². The zero-order valence-corrected chi connectivity index (χ0v) is 21.8. The van der Waals surface area contributed by atoms with Crippen molar-refractivity contribution in [2.24, 2.45) is 0 Å². The van der Waals surface area contributed by atoms with Gasteiger partial charge in [-0.2, -0.15) is 18.4 Å². The lowest BCUT2D eigenvalue weighted by atomic mass is 10.1. The van der Waals surface area contributed by atoms with Gasteiger partial charge in [-0.15, -0.1) is 23.1 Å². The van der Waals surface area contributed by atoms with Crippen LogP contribution in [0.4, 0.5) is 22.0 Å². The van der Waals surface area contributed by atoms with Gasteiger partial charge >= 0.3 is 6.18 Å². The van der Waals surface area contributed by atoms with Crippen molar-refractivity contribution in [2.75, 3.05) is 5.75 Å². The van der Waals surface area contributed by atoms with E-state index in [-0.39, 0.29) is 11.3 Å². The van der Waals surface area contributed by atoms with Crippen LogP contribution in [0.1, 0.15) is 36.2 Å². The van der Waals surface area contributed by atoms with Crippen LogP contribution in [-0.2, 0) is 19.1 Å². The van der Waals surface area contributed by atoms with Gasteiger partial charge in [-0.25, -0.2) is 13.8 Å².